The predicted molar refractivity (Wildman–Crippen MR) is 64.7 cm³/mol. The van der Waals surface area contributed by atoms with Crippen LogP contribution in [0, 0.1) is 11.3 Å². The molecular formula is C11H14N2O4S. The number of benzene rings is 1. The molecule has 0 bridgehead atoms. The van der Waals surface area contributed by atoms with E-state index in [1.54, 1.807) is 18.2 Å². The van der Waals surface area contributed by atoms with E-state index in [1.807, 2.05) is 11.0 Å². The number of nitriles is 1. The minimum Gasteiger partial charge on any atom is -0.382 e. The highest BCUT2D eigenvalue weighted by Gasteiger charge is 2.11. The molecule has 1 N–H and O–H groups in total. The number of sulfonamides is 1. The summed E-state index contributed by atoms with van der Waals surface area (Å²) in [4.78, 5) is 6.73. The molecule has 0 aliphatic rings. The van der Waals surface area contributed by atoms with Crippen LogP contribution < -0.4 is 4.89 Å². The maximum atomic E-state index is 11.6. The third-order valence-electron chi connectivity index (χ3n) is 1.99. The van der Waals surface area contributed by atoms with Crippen LogP contribution in [-0.4, -0.2) is 28.7 Å². The van der Waals surface area contributed by atoms with Gasteiger partial charge in [0.15, 0.2) is 0 Å². The fourth-order valence-corrected chi connectivity index (χ4v) is 2.18. The highest BCUT2D eigenvalue weighted by Crippen LogP contribution is 2.07. The summed E-state index contributed by atoms with van der Waals surface area (Å²) in [5.41, 5.74) is 0.944. The van der Waals surface area contributed by atoms with Gasteiger partial charge in [0.05, 0.1) is 30.6 Å². The number of hydrogen-bond donors (Lipinski definition) is 1. The normalized spacial score (nSPS) is 11.1. The number of methoxy groups -OCH3 is 1. The van der Waals surface area contributed by atoms with Crippen molar-refractivity contribution in [3.63, 3.8) is 0 Å². The molecule has 6 nitrogen and oxygen atoms in total. The van der Waals surface area contributed by atoms with Crippen LogP contribution in [0.3, 0.4) is 0 Å². The molecule has 1 aromatic carbocycles. The third-order valence-corrected chi connectivity index (χ3v) is 3.07. The van der Waals surface area contributed by atoms with Gasteiger partial charge in [0.2, 0.25) is 10.0 Å². The lowest BCUT2D eigenvalue weighted by Gasteiger charge is -2.07. The van der Waals surface area contributed by atoms with Crippen molar-refractivity contribution in [2.75, 3.05) is 20.3 Å². The van der Waals surface area contributed by atoms with E-state index in [2.05, 4.69) is 0 Å². The summed E-state index contributed by atoms with van der Waals surface area (Å²) in [6, 6.07) is 8.35. The van der Waals surface area contributed by atoms with Crippen molar-refractivity contribution in [3.8, 4) is 6.07 Å². The molecule has 0 fully saturated rings. The molecule has 0 saturated heterocycles. The van der Waals surface area contributed by atoms with Crippen LogP contribution in [0.1, 0.15) is 11.1 Å². The molecule has 0 atom stereocenters. The quantitative estimate of drug-likeness (QED) is 0.577. The van der Waals surface area contributed by atoms with E-state index in [4.69, 9.17) is 14.8 Å². The zero-order chi connectivity index (χ0) is 13.4. The van der Waals surface area contributed by atoms with Crippen molar-refractivity contribution >= 4 is 10.0 Å². The van der Waals surface area contributed by atoms with E-state index >= 15 is 0 Å². The van der Waals surface area contributed by atoms with Gasteiger partial charge in [-0.1, -0.05) is 17.0 Å². The van der Waals surface area contributed by atoms with Crippen molar-refractivity contribution in [3.05, 3.63) is 35.4 Å². The van der Waals surface area contributed by atoms with Crippen molar-refractivity contribution < 1.29 is 18.0 Å². The molecule has 1 rings (SSSR count). The molecule has 0 spiro atoms. The van der Waals surface area contributed by atoms with Gasteiger partial charge in [-0.15, -0.1) is 0 Å². The van der Waals surface area contributed by atoms with E-state index in [9.17, 15) is 8.42 Å². The van der Waals surface area contributed by atoms with Gasteiger partial charge in [-0.25, -0.2) is 8.42 Å². The third kappa shape index (κ3) is 5.25. The van der Waals surface area contributed by atoms with Crippen LogP contribution in [-0.2, 0) is 25.4 Å². The SMILES string of the molecule is COCCONS(=O)(=O)Cc1cccc(C#N)c1. The Morgan fingerprint density at radius 1 is 1.39 bits per heavy atom. The number of hydrogen-bond acceptors (Lipinski definition) is 5. The Bertz CT molecular complexity index is 522. The van der Waals surface area contributed by atoms with Crippen LogP contribution in [0.25, 0.3) is 0 Å². The fraction of sp³-hybridized carbons (Fsp3) is 0.364. The first-order chi connectivity index (χ1) is 8.57. The second-order valence-electron chi connectivity index (χ2n) is 3.50. The highest BCUT2D eigenvalue weighted by molar-refractivity contribution is 7.88. The zero-order valence-corrected chi connectivity index (χ0v) is 10.7. The molecule has 1 aromatic rings. The summed E-state index contributed by atoms with van der Waals surface area (Å²) in [5.74, 6) is -0.241. The average molecular weight is 270 g/mol. The molecule has 0 unspecified atom stereocenters. The van der Waals surface area contributed by atoms with Gasteiger partial charge < -0.3 is 4.74 Å². The lowest BCUT2D eigenvalue weighted by atomic mass is 10.2. The largest absolute Gasteiger partial charge is 0.382 e. The van der Waals surface area contributed by atoms with E-state index < -0.39 is 10.0 Å². The smallest absolute Gasteiger partial charge is 0.237 e. The number of nitrogens with zero attached hydrogens (tertiary/aromatic N) is 1. The molecule has 7 heteroatoms. The Labute approximate surface area is 106 Å². The van der Waals surface area contributed by atoms with Gasteiger partial charge in [0, 0.05) is 7.11 Å². The van der Waals surface area contributed by atoms with Crippen molar-refractivity contribution in [2.24, 2.45) is 0 Å². The fourth-order valence-electron chi connectivity index (χ4n) is 1.24. The van der Waals surface area contributed by atoms with Crippen LogP contribution >= 0.6 is 0 Å². The van der Waals surface area contributed by atoms with Crippen LogP contribution in [0.15, 0.2) is 24.3 Å². The molecule has 0 aromatic heterocycles. The first-order valence-corrected chi connectivity index (χ1v) is 6.82. The first kappa shape index (κ1) is 14.6. The molecule has 0 saturated carbocycles. The summed E-state index contributed by atoms with van der Waals surface area (Å²) in [7, 11) is -2.09. The number of rotatable bonds is 7. The molecular weight excluding hydrogens is 256 g/mol. The number of ether oxygens (including phenoxy) is 1. The average Bonchev–Trinajstić information content (AvgIpc) is 2.34. The minimum atomic E-state index is -3.58. The molecule has 0 radical (unpaired) electrons. The van der Waals surface area contributed by atoms with E-state index in [1.165, 1.54) is 13.2 Å². The van der Waals surface area contributed by atoms with Gasteiger partial charge in [0.25, 0.3) is 0 Å². The molecule has 18 heavy (non-hydrogen) atoms. The van der Waals surface area contributed by atoms with Crippen molar-refractivity contribution in [1.29, 1.82) is 5.26 Å². The Kier molecular flexibility index (Phi) is 5.74. The van der Waals surface area contributed by atoms with Crippen LogP contribution in [0.4, 0.5) is 0 Å². The number of nitrogens with one attached hydrogen (secondary N) is 1. The topological polar surface area (TPSA) is 88.4 Å². The molecule has 0 heterocycles. The summed E-state index contributed by atoms with van der Waals surface area (Å²) in [6.45, 7) is 0.431. The van der Waals surface area contributed by atoms with Gasteiger partial charge in [-0.05, 0) is 17.7 Å². The Hall–Kier alpha value is -1.46. The molecule has 98 valence electrons. The van der Waals surface area contributed by atoms with E-state index in [0.29, 0.717) is 17.7 Å². The maximum Gasteiger partial charge on any atom is 0.237 e. The second-order valence-corrected chi connectivity index (χ2v) is 5.18. The van der Waals surface area contributed by atoms with Crippen LogP contribution in [0.2, 0.25) is 0 Å². The van der Waals surface area contributed by atoms with Gasteiger partial charge in [0.1, 0.15) is 0 Å². The lowest BCUT2D eigenvalue weighted by molar-refractivity contribution is 0.0438. The standard InChI is InChI=1S/C11H14N2O4S/c1-16-5-6-17-13-18(14,15)9-11-4-2-3-10(7-11)8-12/h2-4,7,13H,5-6,9H2,1H3. The van der Waals surface area contributed by atoms with Crippen LogP contribution in [0.5, 0.6) is 0 Å². The molecule has 0 aliphatic carbocycles. The molecule has 0 amide bonds. The maximum absolute atomic E-state index is 11.6. The van der Waals surface area contributed by atoms with E-state index in [-0.39, 0.29) is 12.4 Å². The molecule has 0 aliphatic heterocycles. The van der Waals surface area contributed by atoms with E-state index in [0.717, 1.165) is 0 Å². The minimum absolute atomic E-state index is 0.133. The van der Waals surface area contributed by atoms with Crippen molar-refractivity contribution in [1.82, 2.24) is 4.89 Å². The Balaban J connectivity index is 2.57. The summed E-state index contributed by atoms with van der Waals surface area (Å²) < 4.78 is 27.9. The first-order valence-electron chi connectivity index (χ1n) is 5.16. The Morgan fingerprint density at radius 2 is 2.17 bits per heavy atom. The zero-order valence-electron chi connectivity index (χ0n) is 9.92. The summed E-state index contributed by atoms with van der Waals surface area (Å²) in [5, 5.41) is 8.71. The van der Waals surface area contributed by atoms with Gasteiger partial charge in [-0.2, -0.15) is 5.26 Å². The summed E-state index contributed by atoms with van der Waals surface area (Å²) >= 11 is 0. The highest BCUT2D eigenvalue weighted by atomic mass is 32.2. The second kappa shape index (κ2) is 7.08. The summed E-state index contributed by atoms with van der Waals surface area (Å²) in [6.07, 6.45) is 0. The Morgan fingerprint density at radius 3 is 2.83 bits per heavy atom. The predicted octanol–water partition coefficient (Wildman–Crippen LogP) is 0.556. The van der Waals surface area contributed by atoms with Crippen molar-refractivity contribution in [2.45, 2.75) is 5.75 Å². The van der Waals surface area contributed by atoms with Gasteiger partial charge in [-0.3, -0.25) is 4.84 Å². The van der Waals surface area contributed by atoms with Gasteiger partial charge >= 0.3 is 0 Å². The lowest BCUT2D eigenvalue weighted by Crippen LogP contribution is -2.27. The monoisotopic (exact) mass is 270 g/mol.